The summed E-state index contributed by atoms with van der Waals surface area (Å²) in [5.74, 6) is -0.145. The molecule has 2 aromatic rings. The van der Waals surface area contributed by atoms with E-state index in [1.807, 2.05) is 17.5 Å². The lowest BCUT2D eigenvalue weighted by molar-refractivity contribution is 0.0920. The van der Waals surface area contributed by atoms with Crippen molar-refractivity contribution in [3.63, 3.8) is 0 Å². The Morgan fingerprint density at radius 3 is 2.86 bits per heavy atom. The van der Waals surface area contributed by atoms with Crippen LogP contribution in [0.25, 0.3) is 0 Å². The second kappa shape index (κ2) is 7.71. The molecule has 0 radical (unpaired) electrons. The monoisotopic (exact) mass is 341 g/mol. The molecule has 1 aliphatic rings. The summed E-state index contributed by atoms with van der Waals surface area (Å²) in [5.41, 5.74) is 6.25. The summed E-state index contributed by atoms with van der Waals surface area (Å²) in [6.45, 7) is 0.649. The zero-order chi connectivity index (χ0) is 14.7. The maximum absolute atomic E-state index is 12.2. The van der Waals surface area contributed by atoms with E-state index in [-0.39, 0.29) is 30.4 Å². The van der Waals surface area contributed by atoms with E-state index in [2.05, 4.69) is 15.6 Å². The third-order valence-electron chi connectivity index (χ3n) is 3.78. The van der Waals surface area contributed by atoms with E-state index >= 15 is 0 Å². The standard InChI is InChI=1S/C14H19N5OS.ClH/c15-10-3-5-11(6-4-10)16-14(20)13-9-19(18-17-13)8-12-2-1-7-21-12;/h1-2,7,9-11H,3-6,8,15H2,(H,16,20);1H. The Hall–Kier alpha value is -1.44. The van der Waals surface area contributed by atoms with Gasteiger partial charge < -0.3 is 11.1 Å². The summed E-state index contributed by atoms with van der Waals surface area (Å²) in [6.07, 6.45) is 5.52. The number of hydrogen-bond donors (Lipinski definition) is 2. The molecule has 1 amide bonds. The van der Waals surface area contributed by atoms with E-state index in [9.17, 15) is 4.79 Å². The average molecular weight is 342 g/mol. The van der Waals surface area contributed by atoms with Crippen LogP contribution in [-0.4, -0.2) is 33.0 Å². The molecule has 0 aromatic carbocycles. The van der Waals surface area contributed by atoms with Crippen LogP contribution in [-0.2, 0) is 6.54 Å². The first-order valence-corrected chi connectivity index (χ1v) is 8.07. The molecule has 0 bridgehead atoms. The maximum atomic E-state index is 12.2. The molecule has 0 unspecified atom stereocenters. The summed E-state index contributed by atoms with van der Waals surface area (Å²) < 4.78 is 1.69. The molecule has 8 heteroatoms. The van der Waals surface area contributed by atoms with Gasteiger partial charge in [-0.2, -0.15) is 0 Å². The summed E-state index contributed by atoms with van der Waals surface area (Å²) in [4.78, 5) is 13.3. The maximum Gasteiger partial charge on any atom is 0.273 e. The molecule has 2 heterocycles. The smallest absolute Gasteiger partial charge is 0.273 e. The molecule has 2 aromatic heterocycles. The van der Waals surface area contributed by atoms with Gasteiger partial charge in [0.05, 0.1) is 12.7 Å². The van der Waals surface area contributed by atoms with Crippen molar-refractivity contribution in [3.8, 4) is 0 Å². The Morgan fingerprint density at radius 2 is 2.18 bits per heavy atom. The number of carbonyl (C=O) groups is 1. The van der Waals surface area contributed by atoms with Gasteiger partial charge in [0.2, 0.25) is 0 Å². The minimum Gasteiger partial charge on any atom is -0.348 e. The van der Waals surface area contributed by atoms with Crippen LogP contribution in [0.3, 0.4) is 0 Å². The summed E-state index contributed by atoms with van der Waals surface area (Å²) in [5, 5.41) is 13.0. The molecule has 1 saturated carbocycles. The summed E-state index contributed by atoms with van der Waals surface area (Å²) in [7, 11) is 0. The highest BCUT2D eigenvalue weighted by atomic mass is 35.5. The largest absolute Gasteiger partial charge is 0.348 e. The minimum atomic E-state index is -0.145. The lowest BCUT2D eigenvalue weighted by atomic mass is 9.92. The number of carbonyl (C=O) groups excluding carboxylic acids is 1. The number of nitrogens with zero attached hydrogens (tertiary/aromatic N) is 3. The summed E-state index contributed by atoms with van der Waals surface area (Å²) in [6, 6.07) is 4.53. The zero-order valence-corrected chi connectivity index (χ0v) is 13.8. The molecular formula is C14H20ClN5OS. The quantitative estimate of drug-likeness (QED) is 0.888. The van der Waals surface area contributed by atoms with Crippen molar-refractivity contribution in [2.45, 2.75) is 44.3 Å². The first-order valence-electron chi connectivity index (χ1n) is 7.19. The number of nitrogens with two attached hydrogens (primary N) is 1. The van der Waals surface area contributed by atoms with Crippen LogP contribution in [0.15, 0.2) is 23.7 Å². The molecule has 3 N–H and O–H groups in total. The number of thiophene rings is 1. The number of nitrogens with one attached hydrogen (secondary N) is 1. The van der Waals surface area contributed by atoms with Crippen LogP contribution in [0.4, 0.5) is 0 Å². The fourth-order valence-electron chi connectivity index (χ4n) is 2.56. The van der Waals surface area contributed by atoms with Gasteiger partial charge in [0.15, 0.2) is 5.69 Å². The highest BCUT2D eigenvalue weighted by Crippen LogP contribution is 2.17. The van der Waals surface area contributed by atoms with Crippen molar-refractivity contribution in [2.24, 2.45) is 5.73 Å². The zero-order valence-electron chi connectivity index (χ0n) is 12.1. The molecule has 0 spiro atoms. The molecule has 22 heavy (non-hydrogen) atoms. The second-order valence-corrected chi connectivity index (χ2v) is 6.50. The van der Waals surface area contributed by atoms with Crippen molar-refractivity contribution in [1.29, 1.82) is 0 Å². The molecular weight excluding hydrogens is 322 g/mol. The molecule has 0 aliphatic heterocycles. The number of hydrogen-bond acceptors (Lipinski definition) is 5. The SMILES string of the molecule is Cl.NC1CCC(NC(=O)c2cn(Cc3cccs3)nn2)CC1. The fraction of sp³-hybridized carbons (Fsp3) is 0.500. The van der Waals surface area contributed by atoms with Crippen molar-refractivity contribution in [1.82, 2.24) is 20.3 Å². The van der Waals surface area contributed by atoms with Crippen LogP contribution >= 0.6 is 23.7 Å². The Bertz CT molecular complexity index is 592. The first kappa shape index (κ1) is 16.9. The fourth-order valence-corrected chi connectivity index (χ4v) is 3.26. The van der Waals surface area contributed by atoms with Crippen LogP contribution in [0, 0.1) is 0 Å². The molecule has 0 atom stereocenters. The van der Waals surface area contributed by atoms with Gasteiger partial charge in [0, 0.05) is 17.0 Å². The van der Waals surface area contributed by atoms with Gasteiger partial charge in [-0.1, -0.05) is 11.3 Å². The molecule has 1 fully saturated rings. The Morgan fingerprint density at radius 1 is 1.41 bits per heavy atom. The highest BCUT2D eigenvalue weighted by Gasteiger charge is 2.21. The van der Waals surface area contributed by atoms with E-state index in [1.54, 1.807) is 22.2 Å². The van der Waals surface area contributed by atoms with E-state index in [1.165, 1.54) is 4.88 Å². The van der Waals surface area contributed by atoms with E-state index in [4.69, 9.17) is 5.73 Å². The van der Waals surface area contributed by atoms with E-state index in [0.29, 0.717) is 12.2 Å². The van der Waals surface area contributed by atoms with Crippen LogP contribution in [0.1, 0.15) is 41.0 Å². The van der Waals surface area contributed by atoms with Crippen molar-refractivity contribution >= 4 is 29.7 Å². The predicted molar refractivity (Wildman–Crippen MR) is 88.4 cm³/mol. The lowest BCUT2D eigenvalue weighted by Crippen LogP contribution is -2.40. The predicted octanol–water partition coefficient (Wildman–Crippen LogP) is 1.81. The van der Waals surface area contributed by atoms with Gasteiger partial charge in [-0.15, -0.1) is 28.8 Å². The third-order valence-corrected chi connectivity index (χ3v) is 4.64. The molecule has 0 saturated heterocycles. The Balaban J connectivity index is 0.00000176. The van der Waals surface area contributed by atoms with E-state index in [0.717, 1.165) is 25.7 Å². The molecule has 1 aliphatic carbocycles. The van der Waals surface area contributed by atoms with Crippen LogP contribution in [0.5, 0.6) is 0 Å². The molecule has 3 rings (SSSR count). The van der Waals surface area contributed by atoms with Gasteiger partial charge in [-0.3, -0.25) is 4.79 Å². The lowest BCUT2D eigenvalue weighted by Gasteiger charge is -2.26. The van der Waals surface area contributed by atoms with Gasteiger partial charge >= 0.3 is 0 Å². The summed E-state index contributed by atoms with van der Waals surface area (Å²) >= 11 is 1.66. The van der Waals surface area contributed by atoms with Crippen molar-refractivity contribution < 1.29 is 4.79 Å². The van der Waals surface area contributed by atoms with Gasteiger partial charge in [0.1, 0.15) is 0 Å². The van der Waals surface area contributed by atoms with E-state index < -0.39 is 0 Å². The normalized spacial score (nSPS) is 21.1. The molecule has 120 valence electrons. The highest BCUT2D eigenvalue weighted by molar-refractivity contribution is 7.09. The third kappa shape index (κ3) is 4.28. The number of amides is 1. The van der Waals surface area contributed by atoms with Crippen LogP contribution < -0.4 is 11.1 Å². The minimum absolute atomic E-state index is 0. The van der Waals surface area contributed by atoms with Gasteiger partial charge in [-0.05, 0) is 37.1 Å². The van der Waals surface area contributed by atoms with Crippen molar-refractivity contribution in [2.75, 3.05) is 0 Å². The molecule has 6 nitrogen and oxygen atoms in total. The average Bonchev–Trinajstić information content (AvgIpc) is 3.13. The van der Waals surface area contributed by atoms with Gasteiger partial charge in [0.25, 0.3) is 5.91 Å². The Kier molecular flexibility index (Phi) is 5.93. The topological polar surface area (TPSA) is 85.8 Å². The number of halogens is 1. The van der Waals surface area contributed by atoms with Gasteiger partial charge in [-0.25, -0.2) is 4.68 Å². The van der Waals surface area contributed by atoms with Crippen LogP contribution in [0.2, 0.25) is 0 Å². The number of aromatic nitrogens is 3. The van der Waals surface area contributed by atoms with Crippen molar-refractivity contribution in [3.05, 3.63) is 34.3 Å². The number of rotatable bonds is 4. The second-order valence-electron chi connectivity index (χ2n) is 5.47. The first-order chi connectivity index (χ1) is 10.2. The Labute approximate surface area is 139 Å².